The first-order valence-electron chi connectivity index (χ1n) is 7.19. The zero-order chi connectivity index (χ0) is 15.6. The molecule has 1 heterocycles. The maximum absolute atomic E-state index is 12.6. The first-order valence-corrected chi connectivity index (χ1v) is 8.63. The number of amides is 1. The SMILES string of the molecule is CC(=O)Nc1ccc(S(=O)(=O)N2CCC(C)CC2)cc1C. The van der Waals surface area contributed by atoms with Crippen LogP contribution in [0.15, 0.2) is 23.1 Å². The van der Waals surface area contributed by atoms with Gasteiger partial charge in [-0.15, -0.1) is 0 Å². The normalized spacial score (nSPS) is 17.7. The van der Waals surface area contributed by atoms with Gasteiger partial charge in [0.25, 0.3) is 0 Å². The maximum Gasteiger partial charge on any atom is 0.243 e. The van der Waals surface area contributed by atoms with E-state index in [4.69, 9.17) is 0 Å². The molecule has 5 nitrogen and oxygen atoms in total. The van der Waals surface area contributed by atoms with Gasteiger partial charge in [0.1, 0.15) is 0 Å². The minimum atomic E-state index is -3.43. The second kappa shape index (κ2) is 6.15. The molecular formula is C15H22N2O3S. The van der Waals surface area contributed by atoms with Gasteiger partial charge in [0, 0.05) is 25.7 Å². The highest BCUT2D eigenvalue weighted by molar-refractivity contribution is 7.89. The molecule has 0 bridgehead atoms. The number of nitrogens with zero attached hydrogens (tertiary/aromatic N) is 1. The first kappa shape index (κ1) is 16.0. The van der Waals surface area contributed by atoms with E-state index in [1.807, 2.05) is 0 Å². The zero-order valence-electron chi connectivity index (χ0n) is 12.7. The lowest BCUT2D eigenvalue weighted by molar-refractivity contribution is -0.114. The van der Waals surface area contributed by atoms with Crippen LogP contribution in [0.5, 0.6) is 0 Å². The van der Waals surface area contributed by atoms with E-state index in [0.717, 1.165) is 18.4 Å². The molecule has 0 aliphatic carbocycles. The van der Waals surface area contributed by atoms with Crippen molar-refractivity contribution >= 4 is 21.6 Å². The minimum Gasteiger partial charge on any atom is -0.326 e. The number of sulfonamides is 1. The number of anilines is 1. The molecule has 1 saturated heterocycles. The third-order valence-electron chi connectivity index (χ3n) is 3.89. The summed E-state index contributed by atoms with van der Waals surface area (Å²) < 4.78 is 26.8. The summed E-state index contributed by atoms with van der Waals surface area (Å²) in [6, 6.07) is 4.83. The fourth-order valence-electron chi connectivity index (χ4n) is 2.50. The lowest BCUT2D eigenvalue weighted by Crippen LogP contribution is -2.37. The van der Waals surface area contributed by atoms with Gasteiger partial charge in [-0.05, 0) is 49.4 Å². The number of aryl methyl sites for hydroxylation is 1. The lowest BCUT2D eigenvalue weighted by Gasteiger charge is -2.29. The standard InChI is InChI=1S/C15H22N2O3S/c1-11-6-8-17(9-7-11)21(19,20)14-4-5-15(12(2)10-14)16-13(3)18/h4-5,10-11H,6-9H2,1-3H3,(H,16,18). The van der Waals surface area contributed by atoms with Crippen molar-refractivity contribution < 1.29 is 13.2 Å². The third-order valence-corrected chi connectivity index (χ3v) is 5.78. The first-order chi connectivity index (χ1) is 9.80. The summed E-state index contributed by atoms with van der Waals surface area (Å²) in [5.74, 6) is 0.416. The minimum absolute atomic E-state index is 0.168. The molecule has 0 aromatic heterocycles. The maximum atomic E-state index is 12.6. The molecule has 1 aromatic rings. The molecule has 1 aliphatic heterocycles. The van der Waals surface area contributed by atoms with Gasteiger partial charge < -0.3 is 5.32 Å². The van der Waals surface area contributed by atoms with Crippen LogP contribution in [0.4, 0.5) is 5.69 Å². The number of carbonyl (C=O) groups is 1. The highest BCUT2D eigenvalue weighted by atomic mass is 32.2. The summed E-state index contributed by atoms with van der Waals surface area (Å²) in [6.45, 7) is 6.53. The largest absolute Gasteiger partial charge is 0.326 e. The highest BCUT2D eigenvalue weighted by Crippen LogP contribution is 2.26. The predicted molar refractivity (Wildman–Crippen MR) is 82.6 cm³/mol. The topological polar surface area (TPSA) is 66.5 Å². The fourth-order valence-corrected chi connectivity index (χ4v) is 4.06. The van der Waals surface area contributed by atoms with Crippen LogP contribution in [-0.2, 0) is 14.8 Å². The Morgan fingerprint density at radius 2 is 1.90 bits per heavy atom. The molecule has 1 N–H and O–H groups in total. The summed E-state index contributed by atoms with van der Waals surface area (Å²) >= 11 is 0. The van der Waals surface area contributed by atoms with Crippen LogP contribution in [0.1, 0.15) is 32.3 Å². The van der Waals surface area contributed by atoms with Crippen LogP contribution in [0.3, 0.4) is 0 Å². The highest BCUT2D eigenvalue weighted by Gasteiger charge is 2.28. The summed E-state index contributed by atoms with van der Waals surface area (Å²) in [4.78, 5) is 11.4. The average molecular weight is 310 g/mol. The van der Waals surface area contributed by atoms with Gasteiger partial charge in [0.2, 0.25) is 15.9 Å². The van der Waals surface area contributed by atoms with E-state index in [1.54, 1.807) is 29.4 Å². The van der Waals surface area contributed by atoms with Crippen LogP contribution >= 0.6 is 0 Å². The van der Waals surface area contributed by atoms with Gasteiger partial charge in [-0.3, -0.25) is 4.79 Å². The molecule has 116 valence electrons. The number of rotatable bonds is 3. The van der Waals surface area contributed by atoms with Gasteiger partial charge in [-0.1, -0.05) is 6.92 Å². The van der Waals surface area contributed by atoms with Crippen molar-refractivity contribution in [1.82, 2.24) is 4.31 Å². The second-order valence-corrected chi connectivity index (χ2v) is 7.68. The van der Waals surface area contributed by atoms with Crippen molar-refractivity contribution in [2.45, 2.75) is 38.5 Å². The Morgan fingerprint density at radius 1 is 1.29 bits per heavy atom. The molecule has 1 fully saturated rings. The zero-order valence-corrected chi connectivity index (χ0v) is 13.5. The van der Waals surface area contributed by atoms with E-state index in [9.17, 15) is 13.2 Å². The van der Waals surface area contributed by atoms with Gasteiger partial charge in [-0.25, -0.2) is 8.42 Å². The molecule has 21 heavy (non-hydrogen) atoms. The Hall–Kier alpha value is -1.40. The summed E-state index contributed by atoms with van der Waals surface area (Å²) in [5, 5.41) is 2.69. The van der Waals surface area contributed by atoms with E-state index in [-0.39, 0.29) is 5.91 Å². The summed E-state index contributed by atoms with van der Waals surface area (Å²) in [7, 11) is -3.43. The Kier molecular flexibility index (Phi) is 4.68. The molecular weight excluding hydrogens is 288 g/mol. The Bertz CT molecular complexity index is 632. The van der Waals surface area contributed by atoms with E-state index in [2.05, 4.69) is 12.2 Å². The Labute approximate surface area is 126 Å². The van der Waals surface area contributed by atoms with Crippen LogP contribution in [0.25, 0.3) is 0 Å². The summed E-state index contributed by atoms with van der Waals surface area (Å²) in [5.41, 5.74) is 1.39. The predicted octanol–water partition coefficient (Wildman–Crippen LogP) is 2.37. The molecule has 0 saturated carbocycles. The number of nitrogens with one attached hydrogen (secondary N) is 1. The van der Waals surface area contributed by atoms with E-state index in [1.165, 1.54) is 6.92 Å². The molecule has 0 radical (unpaired) electrons. The van der Waals surface area contributed by atoms with Crippen LogP contribution in [0, 0.1) is 12.8 Å². The van der Waals surface area contributed by atoms with Crippen LogP contribution in [-0.4, -0.2) is 31.7 Å². The lowest BCUT2D eigenvalue weighted by atomic mass is 10.0. The molecule has 0 atom stereocenters. The molecule has 1 aliphatic rings. The molecule has 1 amide bonds. The monoisotopic (exact) mass is 310 g/mol. The smallest absolute Gasteiger partial charge is 0.243 e. The van der Waals surface area contributed by atoms with Crippen molar-refractivity contribution in [2.24, 2.45) is 5.92 Å². The van der Waals surface area contributed by atoms with Gasteiger partial charge in [0.05, 0.1) is 4.90 Å². The van der Waals surface area contributed by atoms with Crippen molar-refractivity contribution in [3.05, 3.63) is 23.8 Å². The molecule has 6 heteroatoms. The number of hydrogen-bond acceptors (Lipinski definition) is 3. The van der Waals surface area contributed by atoms with Crippen LogP contribution < -0.4 is 5.32 Å². The number of benzene rings is 1. The number of hydrogen-bond donors (Lipinski definition) is 1. The molecule has 2 rings (SSSR count). The van der Waals surface area contributed by atoms with Gasteiger partial charge in [0.15, 0.2) is 0 Å². The average Bonchev–Trinajstić information content (AvgIpc) is 2.41. The van der Waals surface area contributed by atoms with Crippen molar-refractivity contribution in [1.29, 1.82) is 0 Å². The van der Waals surface area contributed by atoms with Crippen LogP contribution in [0.2, 0.25) is 0 Å². The van der Waals surface area contributed by atoms with E-state index >= 15 is 0 Å². The number of piperidine rings is 1. The Balaban J connectivity index is 2.24. The van der Waals surface area contributed by atoms with E-state index < -0.39 is 10.0 Å². The molecule has 1 aromatic carbocycles. The summed E-state index contributed by atoms with van der Waals surface area (Å²) in [6.07, 6.45) is 1.81. The molecule has 0 spiro atoms. The number of carbonyl (C=O) groups excluding carboxylic acids is 1. The van der Waals surface area contributed by atoms with Crippen molar-refractivity contribution in [3.63, 3.8) is 0 Å². The third kappa shape index (κ3) is 3.63. The van der Waals surface area contributed by atoms with E-state index in [0.29, 0.717) is 29.6 Å². The molecule has 0 unspecified atom stereocenters. The van der Waals surface area contributed by atoms with Gasteiger partial charge >= 0.3 is 0 Å². The quantitative estimate of drug-likeness (QED) is 0.932. The fraction of sp³-hybridized carbons (Fsp3) is 0.533. The van der Waals surface area contributed by atoms with Crippen molar-refractivity contribution in [2.75, 3.05) is 18.4 Å². The Morgan fingerprint density at radius 3 is 2.43 bits per heavy atom. The van der Waals surface area contributed by atoms with Crippen molar-refractivity contribution in [3.8, 4) is 0 Å². The second-order valence-electron chi connectivity index (χ2n) is 5.74. The van der Waals surface area contributed by atoms with Gasteiger partial charge in [-0.2, -0.15) is 4.31 Å².